The first kappa shape index (κ1) is 11.9. The summed E-state index contributed by atoms with van der Waals surface area (Å²) in [7, 11) is 0. The minimum Gasteiger partial charge on any atom is -0.256 e. The molecule has 1 heterocycles. The second-order valence-electron chi connectivity index (χ2n) is 2.04. The first-order valence-electron chi connectivity index (χ1n) is 3.36. The molecule has 1 rings (SSSR count). The summed E-state index contributed by atoms with van der Waals surface area (Å²) in [5, 5.41) is 0. The molecule has 8 heteroatoms. The van der Waals surface area contributed by atoms with Crippen molar-refractivity contribution in [2.45, 2.75) is 4.34 Å². The summed E-state index contributed by atoms with van der Waals surface area (Å²) < 4.78 is 1.60. The molecule has 0 radical (unpaired) electrons. The molecule has 0 amide bonds. The molecule has 0 aliphatic heterocycles. The average Bonchev–Trinajstić information content (AvgIpc) is 2.16. The van der Waals surface area contributed by atoms with Crippen molar-refractivity contribution in [3.63, 3.8) is 0 Å². The third-order valence-corrected chi connectivity index (χ3v) is 4.30. The van der Waals surface area contributed by atoms with E-state index in [0.717, 1.165) is 15.9 Å². The molecule has 4 nitrogen and oxygen atoms in total. The van der Waals surface area contributed by atoms with Crippen LogP contribution in [-0.2, 0) is 0 Å². The Morgan fingerprint density at radius 1 is 1.50 bits per heavy atom. The summed E-state index contributed by atoms with van der Waals surface area (Å²) in [6, 6.07) is 0. The van der Waals surface area contributed by atoms with Crippen molar-refractivity contribution in [1.29, 1.82) is 0 Å². The second kappa shape index (κ2) is 5.06. The van der Waals surface area contributed by atoms with Gasteiger partial charge in [-0.3, -0.25) is 4.79 Å². The van der Waals surface area contributed by atoms with Crippen LogP contribution in [0.2, 0.25) is 0 Å². The zero-order valence-corrected chi connectivity index (χ0v) is 10.6. The lowest BCUT2D eigenvalue weighted by molar-refractivity contribution is 0.944. The van der Waals surface area contributed by atoms with Gasteiger partial charge in [-0.2, -0.15) is 4.98 Å². The van der Waals surface area contributed by atoms with Gasteiger partial charge < -0.3 is 0 Å². The van der Waals surface area contributed by atoms with E-state index in [1.54, 1.807) is 12.5 Å². The molecule has 0 N–H and O–H groups in total. The fraction of sp³-hybridized carbons (Fsp3) is 0.333. The average molecular weight is 266 g/mol. The quantitative estimate of drug-likeness (QED) is 0.556. The van der Waals surface area contributed by atoms with Crippen LogP contribution in [0.4, 0.5) is 0 Å². The van der Waals surface area contributed by atoms with Gasteiger partial charge in [0, 0.05) is 0 Å². The van der Waals surface area contributed by atoms with Crippen LogP contribution in [-0.4, -0.2) is 26.4 Å². The Kier molecular flexibility index (Phi) is 4.30. The molecule has 0 saturated carbocycles. The van der Waals surface area contributed by atoms with Crippen molar-refractivity contribution in [1.82, 2.24) is 9.55 Å². The molecule has 0 bridgehead atoms. The van der Waals surface area contributed by atoms with E-state index in [0.29, 0.717) is 4.34 Å². The molecule has 76 valence electrons. The maximum absolute atomic E-state index is 11.4. The van der Waals surface area contributed by atoms with E-state index in [1.165, 1.54) is 23.5 Å². The Morgan fingerprint density at radius 3 is 2.57 bits per heavy atom. The van der Waals surface area contributed by atoms with Gasteiger partial charge in [-0.1, -0.05) is 35.7 Å². The number of hydrogen-bond acceptors (Lipinski definition) is 7. The maximum Gasteiger partial charge on any atom is 0.358 e. The number of rotatable bonds is 1. The largest absolute Gasteiger partial charge is 0.358 e. The normalized spacial score (nSPS) is 10.1. The molecule has 0 fully saturated rings. The first-order valence-corrected chi connectivity index (χ1v) is 7.04. The summed E-state index contributed by atoms with van der Waals surface area (Å²) >= 11 is 8.23. The van der Waals surface area contributed by atoms with Crippen LogP contribution in [0.3, 0.4) is 0 Å². The number of nitrogens with zero attached hydrogens (tertiary/aromatic N) is 2. The molecule has 1 aromatic rings. The number of thioether (sulfide) groups is 2. The smallest absolute Gasteiger partial charge is 0.256 e. The third kappa shape index (κ3) is 2.44. The molecule has 0 aliphatic carbocycles. The lowest BCUT2D eigenvalue weighted by atomic mass is 11.0. The molecule has 1 aromatic heterocycles. The van der Waals surface area contributed by atoms with E-state index in [4.69, 9.17) is 12.2 Å². The van der Waals surface area contributed by atoms with Gasteiger partial charge in [0.2, 0.25) is 0 Å². The first-order chi connectivity index (χ1) is 6.60. The highest BCUT2D eigenvalue weighted by molar-refractivity contribution is 8.22. The summed E-state index contributed by atoms with van der Waals surface area (Å²) in [6.07, 6.45) is 3.47. The Hall–Kier alpha value is -0.180. The Morgan fingerprint density at radius 2 is 2.14 bits per heavy atom. The SMILES string of the molecule is CSC(=S)n1c(=O)nc(SC)sc1=O. The van der Waals surface area contributed by atoms with Gasteiger partial charge in [-0.25, -0.2) is 9.36 Å². The fourth-order valence-corrected chi connectivity index (χ4v) is 2.55. The highest BCUT2D eigenvalue weighted by Crippen LogP contribution is 2.11. The van der Waals surface area contributed by atoms with Crippen LogP contribution < -0.4 is 10.6 Å². The van der Waals surface area contributed by atoms with E-state index >= 15 is 0 Å². The van der Waals surface area contributed by atoms with E-state index in [-0.39, 0.29) is 9.19 Å². The summed E-state index contributed by atoms with van der Waals surface area (Å²) in [6.45, 7) is 0. The predicted octanol–water partition coefficient (Wildman–Crippen LogP) is 0.883. The van der Waals surface area contributed by atoms with Gasteiger partial charge in [0.25, 0.3) is 0 Å². The summed E-state index contributed by atoms with van der Waals surface area (Å²) in [4.78, 5) is 26.1. The Bertz CT molecular complexity index is 432. The van der Waals surface area contributed by atoms with Gasteiger partial charge in [-0.05, 0) is 23.8 Å². The van der Waals surface area contributed by atoms with Crippen molar-refractivity contribution in [3.05, 3.63) is 20.2 Å². The van der Waals surface area contributed by atoms with Crippen LogP contribution in [0.25, 0.3) is 0 Å². The molecule has 0 aliphatic rings. The minimum absolute atomic E-state index is 0.233. The molecular formula is C6H6N2O2S4. The number of thiocarbonyl (C=S) groups is 1. The molecule has 0 spiro atoms. The number of hydrogen-bond donors (Lipinski definition) is 0. The lowest BCUT2D eigenvalue weighted by Crippen LogP contribution is -2.36. The van der Waals surface area contributed by atoms with Crippen molar-refractivity contribution in [2.75, 3.05) is 12.5 Å². The highest BCUT2D eigenvalue weighted by atomic mass is 32.2. The van der Waals surface area contributed by atoms with Crippen LogP contribution in [0.1, 0.15) is 0 Å². The topological polar surface area (TPSA) is 52.0 Å². The monoisotopic (exact) mass is 266 g/mol. The van der Waals surface area contributed by atoms with E-state index in [9.17, 15) is 9.59 Å². The summed E-state index contributed by atoms with van der Waals surface area (Å²) in [5.41, 5.74) is -0.600. The Labute approximate surface area is 97.8 Å². The van der Waals surface area contributed by atoms with Crippen molar-refractivity contribution in [3.8, 4) is 0 Å². The van der Waals surface area contributed by atoms with Gasteiger partial charge in [-0.15, -0.1) is 0 Å². The van der Waals surface area contributed by atoms with Crippen LogP contribution in [0.15, 0.2) is 13.9 Å². The molecule has 14 heavy (non-hydrogen) atoms. The van der Waals surface area contributed by atoms with Crippen LogP contribution >= 0.6 is 47.1 Å². The van der Waals surface area contributed by atoms with E-state index in [1.807, 2.05) is 0 Å². The molecule has 0 unspecified atom stereocenters. The standard InChI is InChI=1S/C6H6N2O2S4/c1-12-4-7-3(9)8(5(10)14-4)6(11)13-2/h1-2H3. The minimum atomic E-state index is -0.600. The lowest BCUT2D eigenvalue weighted by Gasteiger charge is -2.01. The Balaban J connectivity index is 3.41. The predicted molar refractivity (Wildman–Crippen MR) is 65.9 cm³/mol. The highest BCUT2D eigenvalue weighted by Gasteiger charge is 2.09. The van der Waals surface area contributed by atoms with Crippen LogP contribution in [0, 0.1) is 0 Å². The van der Waals surface area contributed by atoms with Crippen molar-refractivity contribution >= 4 is 51.4 Å². The van der Waals surface area contributed by atoms with Gasteiger partial charge in [0.15, 0.2) is 8.66 Å². The summed E-state index contributed by atoms with van der Waals surface area (Å²) in [5.74, 6) is 0. The van der Waals surface area contributed by atoms with E-state index in [2.05, 4.69) is 4.98 Å². The van der Waals surface area contributed by atoms with Crippen molar-refractivity contribution < 1.29 is 0 Å². The van der Waals surface area contributed by atoms with Crippen LogP contribution in [0.5, 0.6) is 0 Å². The molecular weight excluding hydrogens is 260 g/mol. The molecule has 0 aromatic carbocycles. The van der Waals surface area contributed by atoms with Gasteiger partial charge >= 0.3 is 10.6 Å². The second-order valence-corrected chi connectivity index (χ2v) is 5.47. The van der Waals surface area contributed by atoms with E-state index < -0.39 is 5.69 Å². The van der Waals surface area contributed by atoms with Crippen molar-refractivity contribution in [2.24, 2.45) is 0 Å². The van der Waals surface area contributed by atoms with Gasteiger partial charge in [0.1, 0.15) is 0 Å². The van der Waals surface area contributed by atoms with Gasteiger partial charge in [0.05, 0.1) is 0 Å². The molecule has 0 saturated heterocycles. The molecule has 0 atom stereocenters. The maximum atomic E-state index is 11.4. The fourth-order valence-electron chi connectivity index (χ4n) is 0.681. The number of aromatic nitrogens is 2. The zero-order chi connectivity index (χ0) is 10.7. The third-order valence-electron chi connectivity index (χ3n) is 1.27. The zero-order valence-electron chi connectivity index (χ0n) is 7.34.